The number of aryl methyl sites for hydroxylation is 1. The number of carbonyl (C=O) groups excluding carboxylic acids is 1. The largest absolute Gasteiger partial charge is 0.460 e. The van der Waals surface area contributed by atoms with E-state index in [9.17, 15) is 9.59 Å². The van der Waals surface area contributed by atoms with Crippen molar-refractivity contribution in [3.05, 3.63) is 45.3 Å². The van der Waals surface area contributed by atoms with Crippen LogP contribution < -0.4 is 5.43 Å². The Morgan fingerprint density at radius 3 is 2.72 bits per heavy atom. The highest BCUT2D eigenvalue weighted by atomic mass is 16.5. The zero-order valence-corrected chi connectivity index (χ0v) is 10.6. The topological polar surface area (TPSA) is 56.5 Å². The molecule has 0 unspecified atom stereocenters. The minimum Gasteiger partial charge on any atom is -0.460 e. The standard InChI is InChI=1S/C14H14O4/c1-4-17-14(16)13-9(3)12(15)10-7-8(2)5-6-11(10)18-13/h5-7H,4H2,1-3H3. The van der Waals surface area contributed by atoms with Crippen LogP contribution in [-0.2, 0) is 4.74 Å². The highest BCUT2D eigenvalue weighted by Gasteiger charge is 2.18. The molecular formula is C14H14O4. The van der Waals surface area contributed by atoms with E-state index in [-0.39, 0.29) is 23.4 Å². The summed E-state index contributed by atoms with van der Waals surface area (Å²) in [7, 11) is 0. The minimum atomic E-state index is -0.602. The molecule has 0 spiro atoms. The Labute approximate surface area is 104 Å². The lowest BCUT2D eigenvalue weighted by Gasteiger charge is -2.06. The fourth-order valence-electron chi connectivity index (χ4n) is 1.79. The average Bonchev–Trinajstić information content (AvgIpc) is 2.34. The number of hydrogen-bond acceptors (Lipinski definition) is 4. The van der Waals surface area contributed by atoms with Gasteiger partial charge in [0, 0.05) is 5.56 Å². The summed E-state index contributed by atoms with van der Waals surface area (Å²) in [5, 5.41) is 0.487. The first-order chi connectivity index (χ1) is 8.54. The van der Waals surface area contributed by atoms with Gasteiger partial charge in [0.05, 0.1) is 12.0 Å². The van der Waals surface area contributed by atoms with E-state index in [1.54, 1.807) is 26.0 Å². The molecule has 0 N–H and O–H groups in total. The number of benzene rings is 1. The quantitative estimate of drug-likeness (QED) is 0.764. The van der Waals surface area contributed by atoms with Crippen LogP contribution in [0.3, 0.4) is 0 Å². The molecule has 4 nitrogen and oxygen atoms in total. The van der Waals surface area contributed by atoms with Crippen molar-refractivity contribution in [2.45, 2.75) is 20.8 Å². The minimum absolute atomic E-state index is 0.0156. The molecule has 0 aliphatic rings. The lowest BCUT2D eigenvalue weighted by Crippen LogP contribution is -2.15. The molecule has 0 bridgehead atoms. The van der Waals surface area contributed by atoms with E-state index in [0.717, 1.165) is 5.56 Å². The Balaban J connectivity index is 2.72. The van der Waals surface area contributed by atoms with Crippen LogP contribution in [0.5, 0.6) is 0 Å². The molecule has 1 heterocycles. The summed E-state index contributed by atoms with van der Waals surface area (Å²) in [6.45, 7) is 5.41. The molecule has 0 saturated heterocycles. The van der Waals surface area contributed by atoms with E-state index in [0.29, 0.717) is 11.0 Å². The summed E-state index contributed by atoms with van der Waals surface area (Å²) in [6.07, 6.45) is 0. The molecule has 0 atom stereocenters. The average molecular weight is 246 g/mol. The number of hydrogen-bond donors (Lipinski definition) is 0. The Hall–Kier alpha value is -2.10. The van der Waals surface area contributed by atoms with Gasteiger partial charge in [-0.25, -0.2) is 4.79 Å². The van der Waals surface area contributed by atoms with E-state index >= 15 is 0 Å². The second-order valence-corrected chi connectivity index (χ2v) is 4.11. The van der Waals surface area contributed by atoms with Gasteiger partial charge in [-0.15, -0.1) is 0 Å². The number of esters is 1. The second-order valence-electron chi connectivity index (χ2n) is 4.11. The normalized spacial score (nSPS) is 10.6. The van der Waals surface area contributed by atoms with Gasteiger partial charge in [-0.2, -0.15) is 0 Å². The molecule has 0 amide bonds. The van der Waals surface area contributed by atoms with Crippen LogP contribution >= 0.6 is 0 Å². The lowest BCUT2D eigenvalue weighted by atomic mass is 10.1. The first kappa shape index (κ1) is 12.4. The number of fused-ring (bicyclic) bond motifs is 1. The summed E-state index contributed by atoms with van der Waals surface area (Å²) in [5.74, 6) is -0.618. The van der Waals surface area contributed by atoms with E-state index in [4.69, 9.17) is 9.15 Å². The van der Waals surface area contributed by atoms with Crippen molar-refractivity contribution in [2.24, 2.45) is 0 Å². The summed E-state index contributed by atoms with van der Waals surface area (Å²) in [5.41, 5.74) is 1.46. The van der Waals surface area contributed by atoms with Crippen LogP contribution in [0.4, 0.5) is 0 Å². The third-order valence-electron chi connectivity index (χ3n) is 2.73. The maximum absolute atomic E-state index is 12.1. The van der Waals surface area contributed by atoms with E-state index < -0.39 is 5.97 Å². The molecule has 2 rings (SSSR count). The van der Waals surface area contributed by atoms with Crippen molar-refractivity contribution in [2.75, 3.05) is 6.61 Å². The molecule has 1 aromatic carbocycles. The van der Waals surface area contributed by atoms with Gasteiger partial charge < -0.3 is 9.15 Å². The van der Waals surface area contributed by atoms with Crippen LogP contribution in [0.15, 0.2) is 27.4 Å². The van der Waals surface area contributed by atoms with Crippen molar-refractivity contribution < 1.29 is 13.9 Å². The van der Waals surface area contributed by atoms with E-state index in [1.165, 1.54) is 0 Å². The van der Waals surface area contributed by atoms with Crippen molar-refractivity contribution in [1.29, 1.82) is 0 Å². The second kappa shape index (κ2) is 4.64. The molecule has 4 heteroatoms. The highest BCUT2D eigenvalue weighted by molar-refractivity contribution is 5.90. The third kappa shape index (κ3) is 2.01. The summed E-state index contributed by atoms with van der Waals surface area (Å²) < 4.78 is 10.3. The fraction of sp³-hybridized carbons (Fsp3) is 0.286. The van der Waals surface area contributed by atoms with Gasteiger partial charge >= 0.3 is 5.97 Å². The zero-order chi connectivity index (χ0) is 13.3. The summed E-state index contributed by atoms with van der Waals surface area (Å²) in [4.78, 5) is 23.8. The Bertz CT molecular complexity index is 667. The van der Waals surface area contributed by atoms with Crippen LogP contribution in [0.2, 0.25) is 0 Å². The van der Waals surface area contributed by atoms with Gasteiger partial charge in [-0.3, -0.25) is 4.79 Å². The first-order valence-corrected chi connectivity index (χ1v) is 5.75. The molecule has 0 aliphatic carbocycles. The number of carbonyl (C=O) groups is 1. The predicted molar refractivity (Wildman–Crippen MR) is 67.9 cm³/mol. The first-order valence-electron chi connectivity index (χ1n) is 5.75. The van der Waals surface area contributed by atoms with Crippen molar-refractivity contribution in [1.82, 2.24) is 0 Å². The molecule has 2 aromatic rings. The van der Waals surface area contributed by atoms with Gasteiger partial charge in [-0.1, -0.05) is 11.6 Å². The molecule has 94 valence electrons. The van der Waals surface area contributed by atoms with Gasteiger partial charge in [0.15, 0.2) is 5.43 Å². The maximum atomic E-state index is 12.1. The molecular weight excluding hydrogens is 232 g/mol. The molecule has 0 aliphatic heterocycles. The van der Waals surface area contributed by atoms with Crippen LogP contribution in [0, 0.1) is 13.8 Å². The Morgan fingerprint density at radius 1 is 1.33 bits per heavy atom. The molecule has 0 radical (unpaired) electrons. The van der Waals surface area contributed by atoms with Crippen molar-refractivity contribution in [3.8, 4) is 0 Å². The smallest absolute Gasteiger partial charge is 0.374 e. The lowest BCUT2D eigenvalue weighted by molar-refractivity contribution is 0.0489. The molecule has 18 heavy (non-hydrogen) atoms. The van der Waals surface area contributed by atoms with Crippen LogP contribution in [-0.4, -0.2) is 12.6 Å². The fourth-order valence-corrected chi connectivity index (χ4v) is 1.79. The Kier molecular flexibility index (Phi) is 3.19. The summed E-state index contributed by atoms with van der Waals surface area (Å²) in [6, 6.07) is 5.27. The highest BCUT2D eigenvalue weighted by Crippen LogP contribution is 2.17. The molecule has 1 aromatic heterocycles. The predicted octanol–water partition coefficient (Wildman–Crippen LogP) is 2.59. The van der Waals surface area contributed by atoms with Crippen molar-refractivity contribution in [3.63, 3.8) is 0 Å². The van der Waals surface area contributed by atoms with Crippen LogP contribution in [0.1, 0.15) is 28.6 Å². The van der Waals surface area contributed by atoms with Gasteiger partial charge in [0.2, 0.25) is 5.76 Å². The van der Waals surface area contributed by atoms with Gasteiger partial charge in [-0.05, 0) is 32.9 Å². The van der Waals surface area contributed by atoms with Gasteiger partial charge in [0.1, 0.15) is 5.58 Å². The van der Waals surface area contributed by atoms with Crippen molar-refractivity contribution >= 4 is 16.9 Å². The third-order valence-corrected chi connectivity index (χ3v) is 2.73. The molecule has 0 saturated carbocycles. The monoisotopic (exact) mass is 246 g/mol. The zero-order valence-electron chi connectivity index (χ0n) is 10.6. The molecule has 0 fully saturated rings. The van der Waals surface area contributed by atoms with E-state index in [2.05, 4.69) is 0 Å². The SMILES string of the molecule is CCOC(=O)c1oc2ccc(C)cc2c(=O)c1C. The maximum Gasteiger partial charge on any atom is 0.374 e. The van der Waals surface area contributed by atoms with E-state index in [1.807, 2.05) is 13.0 Å². The Morgan fingerprint density at radius 2 is 2.06 bits per heavy atom. The summed E-state index contributed by atoms with van der Waals surface area (Å²) >= 11 is 0. The number of ether oxygens (including phenoxy) is 1. The number of rotatable bonds is 2. The van der Waals surface area contributed by atoms with Gasteiger partial charge in [0.25, 0.3) is 0 Å². The van der Waals surface area contributed by atoms with Crippen LogP contribution in [0.25, 0.3) is 11.0 Å².